The first kappa shape index (κ1) is 11.4. The Hall–Kier alpha value is -1.72. The molecule has 1 aliphatic rings. The van der Waals surface area contributed by atoms with Crippen LogP contribution in [-0.2, 0) is 6.54 Å². The molecular weight excluding hydrogens is 230 g/mol. The highest BCUT2D eigenvalue weighted by Crippen LogP contribution is 2.20. The topological polar surface area (TPSA) is 71.2 Å². The molecule has 0 unspecified atom stereocenters. The van der Waals surface area contributed by atoms with Crippen molar-refractivity contribution in [3.05, 3.63) is 36.2 Å². The second-order valence-corrected chi connectivity index (χ2v) is 4.57. The molecule has 2 aromatic rings. The maximum Gasteiger partial charge on any atom is 0.247 e. The van der Waals surface area contributed by atoms with Gasteiger partial charge in [0.25, 0.3) is 0 Å². The monoisotopic (exact) mass is 245 g/mol. The second-order valence-electron chi connectivity index (χ2n) is 4.57. The number of hydrogen-bond acceptors (Lipinski definition) is 5. The van der Waals surface area contributed by atoms with Gasteiger partial charge in [0.2, 0.25) is 11.8 Å². The van der Waals surface area contributed by atoms with E-state index in [1.807, 2.05) is 30.3 Å². The molecule has 1 saturated carbocycles. The van der Waals surface area contributed by atoms with Crippen molar-refractivity contribution in [3.8, 4) is 11.5 Å². The van der Waals surface area contributed by atoms with Crippen LogP contribution in [0, 0.1) is 0 Å². The molecule has 1 heterocycles. The Morgan fingerprint density at radius 1 is 1.22 bits per heavy atom. The van der Waals surface area contributed by atoms with E-state index in [9.17, 15) is 5.11 Å². The van der Waals surface area contributed by atoms with E-state index in [1.165, 1.54) is 0 Å². The molecule has 0 spiro atoms. The molecule has 0 aliphatic heterocycles. The van der Waals surface area contributed by atoms with Gasteiger partial charge in [-0.05, 0) is 25.0 Å². The fourth-order valence-corrected chi connectivity index (χ4v) is 2.01. The van der Waals surface area contributed by atoms with Crippen molar-refractivity contribution in [1.29, 1.82) is 0 Å². The predicted molar refractivity (Wildman–Crippen MR) is 65.6 cm³/mol. The molecule has 5 heteroatoms. The molecule has 18 heavy (non-hydrogen) atoms. The molecule has 0 amide bonds. The predicted octanol–water partition coefficient (Wildman–Crippen LogP) is 1.35. The van der Waals surface area contributed by atoms with E-state index in [0.717, 1.165) is 18.4 Å². The largest absolute Gasteiger partial charge is 0.419 e. The third-order valence-electron chi connectivity index (χ3n) is 3.14. The summed E-state index contributed by atoms with van der Waals surface area (Å²) in [6.07, 6.45) is 1.46. The van der Waals surface area contributed by atoms with Gasteiger partial charge in [-0.25, -0.2) is 0 Å². The minimum absolute atomic E-state index is 0.148. The lowest BCUT2D eigenvalue weighted by Gasteiger charge is -2.31. The van der Waals surface area contributed by atoms with E-state index >= 15 is 0 Å². The molecule has 1 aliphatic carbocycles. The quantitative estimate of drug-likeness (QED) is 0.850. The first-order valence-electron chi connectivity index (χ1n) is 6.10. The lowest BCUT2D eigenvalue weighted by molar-refractivity contribution is 0.0610. The molecule has 1 aromatic carbocycles. The standard InChI is InChI=1S/C13H15N3O2/c17-11-6-10(7-11)14-8-12-15-16-13(18-12)9-4-2-1-3-5-9/h1-5,10-11,14,17H,6-8H2. The van der Waals surface area contributed by atoms with E-state index < -0.39 is 0 Å². The van der Waals surface area contributed by atoms with Crippen molar-refractivity contribution in [1.82, 2.24) is 15.5 Å². The lowest BCUT2D eigenvalue weighted by atomic mass is 9.90. The number of benzene rings is 1. The van der Waals surface area contributed by atoms with Crippen LogP contribution in [0.5, 0.6) is 0 Å². The molecular formula is C13H15N3O2. The zero-order valence-corrected chi connectivity index (χ0v) is 9.91. The summed E-state index contributed by atoms with van der Waals surface area (Å²) in [4.78, 5) is 0. The number of aromatic nitrogens is 2. The van der Waals surface area contributed by atoms with Crippen molar-refractivity contribution in [2.24, 2.45) is 0 Å². The van der Waals surface area contributed by atoms with E-state index in [4.69, 9.17) is 4.42 Å². The average molecular weight is 245 g/mol. The summed E-state index contributed by atoms with van der Waals surface area (Å²) >= 11 is 0. The van der Waals surface area contributed by atoms with Crippen molar-refractivity contribution in [3.63, 3.8) is 0 Å². The highest BCUT2D eigenvalue weighted by Gasteiger charge is 2.26. The molecule has 0 radical (unpaired) electrons. The van der Waals surface area contributed by atoms with Gasteiger partial charge in [-0.1, -0.05) is 18.2 Å². The summed E-state index contributed by atoms with van der Waals surface area (Å²) in [5.41, 5.74) is 0.926. The number of rotatable bonds is 4. The first-order chi connectivity index (χ1) is 8.81. The molecule has 94 valence electrons. The van der Waals surface area contributed by atoms with Crippen LogP contribution in [-0.4, -0.2) is 27.4 Å². The summed E-state index contributed by atoms with van der Waals surface area (Å²) in [5.74, 6) is 1.12. The van der Waals surface area contributed by atoms with Gasteiger partial charge < -0.3 is 14.8 Å². The van der Waals surface area contributed by atoms with Crippen molar-refractivity contribution in [2.45, 2.75) is 31.5 Å². The Morgan fingerprint density at radius 2 is 2.00 bits per heavy atom. The van der Waals surface area contributed by atoms with E-state index in [-0.39, 0.29) is 6.10 Å². The average Bonchev–Trinajstić information content (AvgIpc) is 2.83. The van der Waals surface area contributed by atoms with Gasteiger partial charge in [0, 0.05) is 11.6 Å². The van der Waals surface area contributed by atoms with Gasteiger partial charge >= 0.3 is 0 Å². The van der Waals surface area contributed by atoms with E-state index in [0.29, 0.717) is 24.4 Å². The smallest absolute Gasteiger partial charge is 0.247 e. The minimum Gasteiger partial charge on any atom is -0.419 e. The zero-order chi connectivity index (χ0) is 12.4. The highest BCUT2D eigenvalue weighted by atomic mass is 16.4. The van der Waals surface area contributed by atoms with Gasteiger partial charge in [0.15, 0.2) is 0 Å². The number of nitrogens with one attached hydrogen (secondary N) is 1. The van der Waals surface area contributed by atoms with Crippen LogP contribution in [0.1, 0.15) is 18.7 Å². The Morgan fingerprint density at radius 3 is 2.72 bits per heavy atom. The molecule has 0 bridgehead atoms. The van der Waals surface area contributed by atoms with Gasteiger partial charge in [-0.3, -0.25) is 0 Å². The number of hydrogen-bond donors (Lipinski definition) is 2. The second kappa shape index (κ2) is 4.88. The van der Waals surface area contributed by atoms with Crippen LogP contribution in [0.3, 0.4) is 0 Å². The molecule has 3 rings (SSSR count). The molecule has 1 aromatic heterocycles. The van der Waals surface area contributed by atoms with Crippen LogP contribution in [0.25, 0.3) is 11.5 Å². The Labute approximate surface area is 105 Å². The SMILES string of the molecule is OC1CC(NCc2nnc(-c3ccccc3)o2)C1. The van der Waals surface area contributed by atoms with Crippen LogP contribution in [0.15, 0.2) is 34.7 Å². The lowest BCUT2D eigenvalue weighted by Crippen LogP contribution is -2.43. The first-order valence-corrected chi connectivity index (χ1v) is 6.10. The molecule has 1 fully saturated rings. The van der Waals surface area contributed by atoms with Crippen LogP contribution in [0.2, 0.25) is 0 Å². The molecule has 0 atom stereocenters. The maximum atomic E-state index is 9.18. The molecule has 0 saturated heterocycles. The maximum absolute atomic E-state index is 9.18. The fraction of sp³-hybridized carbons (Fsp3) is 0.385. The van der Waals surface area contributed by atoms with Gasteiger partial charge in [0.1, 0.15) is 0 Å². The Bertz CT molecular complexity index is 506. The summed E-state index contributed by atoms with van der Waals surface area (Å²) in [6.45, 7) is 0.553. The van der Waals surface area contributed by atoms with Crippen LogP contribution < -0.4 is 5.32 Å². The van der Waals surface area contributed by atoms with Crippen molar-refractivity contribution >= 4 is 0 Å². The third-order valence-corrected chi connectivity index (χ3v) is 3.14. The van der Waals surface area contributed by atoms with Gasteiger partial charge in [-0.15, -0.1) is 10.2 Å². The van der Waals surface area contributed by atoms with Crippen molar-refractivity contribution in [2.75, 3.05) is 0 Å². The highest BCUT2D eigenvalue weighted by molar-refractivity contribution is 5.51. The van der Waals surface area contributed by atoms with Gasteiger partial charge in [0.05, 0.1) is 12.6 Å². The van der Waals surface area contributed by atoms with E-state index in [2.05, 4.69) is 15.5 Å². The van der Waals surface area contributed by atoms with Crippen LogP contribution in [0.4, 0.5) is 0 Å². The van der Waals surface area contributed by atoms with E-state index in [1.54, 1.807) is 0 Å². The van der Waals surface area contributed by atoms with Gasteiger partial charge in [-0.2, -0.15) is 0 Å². The fourth-order valence-electron chi connectivity index (χ4n) is 2.01. The number of nitrogens with zero attached hydrogens (tertiary/aromatic N) is 2. The normalized spacial score (nSPS) is 22.7. The molecule has 5 nitrogen and oxygen atoms in total. The number of aliphatic hydroxyl groups is 1. The summed E-state index contributed by atoms with van der Waals surface area (Å²) < 4.78 is 5.57. The summed E-state index contributed by atoms with van der Waals surface area (Å²) in [7, 11) is 0. The zero-order valence-electron chi connectivity index (χ0n) is 9.91. The third kappa shape index (κ3) is 2.42. The van der Waals surface area contributed by atoms with Crippen LogP contribution >= 0.6 is 0 Å². The van der Waals surface area contributed by atoms with Crippen molar-refractivity contribution < 1.29 is 9.52 Å². The molecule has 2 N–H and O–H groups in total. The summed E-state index contributed by atoms with van der Waals surface area (Å²) in [5, 5.41) is 20.5. The number of aliphatic hydroxyl groups excluding tert-OH is 1. The Kier molecular flexibility index (Phi) is 3.08. The Balaban J connectivity index is 1.60. The minimum atomic E-state index is -0.148. The summed E-state index contributed by atoms with van der Waals surface area (Å²) in [6, 6.07) is 10.1.